The van der Waals surface area contributed by atoms with E-state index in [0.29, 0.717) is 6.92 Å². The van der Waals surface area contributed by atoms with Crippen molar-refractivity contribution < 1.29 is 36.3 Å². The molecule has 0 aromatic heterocycles. The third-order valence-corrected chi connectivity index (χ3v) is 1.66. The van der Waals surface area contributed by atoms with E-state index in [2.05, 4.69) is 9.57 Å². The van der Waals surface area contributed by atoms with E-state index in [4.69, 9.17) is 0 Å². The molecule has 1 amide bonds. The second-order valence-electron chi connectivity index (χ2n) is 3.35. The molecule has 0 bridgehead atoms. The number of hydrogen-bond acceptors (Lipinski definition) is 3. The highest BCUT2D eigenvalue weighted by atomic mass is 19.3. The smallest absolute Gasteiger partial charge is 0.283 e. The van der Waals surface area contributed by atoms with Crippen LogP contribution in [0, 0.1) is 0 Å². The highest BCUT2D eigenvalue weighted by Gasteiger charge is 2.49. The SMILES string of the molecule is CCC(C)(F)OC(F)(F)CC(F)(F)ONC=O. The normalized spacial score (nSPS) is 16.4. The monoisotopic (exact) mass is 265 g/mol. The Labute approximate surface area is 94.0 Å². The molecule has 4 nitrogen and oxygen atoms in total. The first-order chi connectivity index (χ1) is 7.54. The second kappa shape index (κ2) is 5.58. The number of carbonyl (C=O) groups excluding carboxylic acids is 1. The summed E-state index contributed by atoms with van der Waals surface area (Å²) in [7, 11) is 0. The van der Waals surface area contributed by atoms with Crippen LogP contribution in [0.5, 0.6) is 0 Å². The molecule has 0 aromatic rings. The van der Waals surface area contributed by atoms with Crippen LogP contribution in [0.3, 0.4) is 0 Å². The van der Waals surface area contributed by atoms with Gasteiger partial charge >= 0.3 is 12.2 Å². The molecule has 0 saturated carbocycles. The molecule has 102 valence electrons. The molecular weight excluding hydrogens is 253 g/mol. The van der Waals surface area contributed by atoms with E-state index >= 15 is 0 Å². The van der Waals surface area contributed by atoms with Crippen molar-refractivity contribution in [3.05, 3.63) is 0 Å². The Hall–Kier alpha value is -0.960. The van der Waals surface area contributed by atoms with Crippen molar-refractivity contribution in [2.45, 2.75) is 44.8 Å². The maximum Gasteiger partial charge on any atom is 0.383 e. The molecule has 1 atom stereocenters. The Morgan fingerprint density at radius 1 is 1.18 bits per heavy atom. The van der Waals surface area contributed by atoms with Crippen LogP contribution in [0.4, 0.5) is 22.0 Å². The summed E-state index contributed by atoms with van der Waals surface area (Å²) in [6.07, 6.45) is -11.7. The van der Waals surface area contributed by atoms with Crippen LogP contribution >= 0.6 is 0 Å². The molecule has 0 radical (unpaired) electrons. The predicted octanol–water partition coefficient (Wildman–Crippen LogP) is 2.35. The zero-order valence-corrected chi connectivity index (χ0v) is 9.11. The van der Waals surface area contributed by atoms with Gasteiger partial charge in [0.15, 0.2) is 0 Å². The molecule has 0 saturated heterocycles. The topological polar surface area (TPSA) is 47.6 Å². The third-order valence-electron chi connectivity index (χ3n) is 1.66. The lowest BCUT2D eigenvalue weighted by Gasteiger charge is -2.27. The van der Waals surface area contributed by atoms with Crippen molar-refractivity contribution in [1.82, 2.24) is 5.48 Å². The van der Waals surface area contributed by atoms with E-state index in [1.165, 1.54) is 6.92 Å². The van der Waals surface area contributed by atoms with Gasteiger partial charge in [0, 0.05) is 6.42 Å². The van der Waals surface area contributed by atoms with Crippen LogP contribution in [0.1, 0.15) is 26.7 Å². The molecule has 9 heteroatoms. The van der Waals surface area contributed by atoms with Gasteiger partial charge in [-0.05, 0) is 6.92 Å². The average Bonchev–Trinajstić information content (AvgIpc) is 2.11. The maximum atomic E-state index is 13.1. The van der Waals surface area contributed by atoms with Gasteiger partial charge in [-0.15, -0.1) is 0 Å². The summed E-state index contributed by atoms with van der Waals surface area (Å²) in [5.74, 6) is -2.74. The second-order valence-corrected chi connectivity index (χ2v) is 3.35. The standard InChI is InChI=1S/C8H12F5NO3/c1-3-6(2,9)16-7(10,11)4-8(12,13)17-14-5-15/h5H,3-4H2,1-2H3,(H,14,15). The number of amides is 1. The summed E-state index contributed by atoms with van der Waals surface area (Å²) in [4.78, 5) is 13.0. The molecule has 0 spiro atoms. The Morgan fingerprint density at radius 2 is 1.71 bits per heavy atom. The molecule has 0 aliphatic rings. The third kappa shape index (κ3) is 7.05. The Bertz CT molecular complexity index is 260. The van der Waals surface area contributed by atoms with E-state index in [9.17, 15) is 26.7 Å². The molecule has 0 aliphatic heterocycles. The summed E-state index contributed by atoms with van der Waals surface area (Å²) in [5, 5.41) is 0. The van der Waals surface area contributed by atoms with Crippen molar-refractivity contribution in [2.24, 2.45) is 0 Å². The lowest BCUT2D eigenvalue weighted by Crippen LogP contribution is -2.41. The quantitative estimate of drug-likeness (QED) is 0.416. The van der Waals surface area contributed by atoms with Gasteiger partial charge in [0.05, 0.1) is 0 Å². The molecule has 0 aliphatic carbocycles. The van der Waals surface area contributed by atoms with Gasteiger partial charge < -0.3 is 0 Å². The Balaban J connectivity index is 4.47. The first-order valence-electron chi connectivity index (χ1n) is 4.55. The van der Waals surface area contributed by atoms with Gasteiger partial charge in [0.1, 0.15) is 6.42 Å². The van der Waals surface area contributed by atoms with Crippen LogP contribution in [0.15, 0.2) is 0 Å². The minimum absolute atomic E-state index is 0.266. The fourth-order valence-electron chi connectivity index (χ4n) is 0.806. The van der Waals surface area contributed by atoms with Gasteiger partial charge in [0.2, 0.25) is 12.3 Å². The van der Waals surface area contributed by atoms with E-state index in [1.807, 2.05) is 0 Å². The molecule has 0 rings (SSSR count). The average molecular weight is 265 g/mol. The highest BCUT2D eigenvalue weighted by Crippen LogP contribution is 2.36. The van der Waals surface area contributed by atoms with Gasteiger partial charge in [-0.25, -0.2) is 14.7 Å². The van der Waals surface area contributed by atoms with Crippen LogP contribution < -0.4 is 5.48 Å². The predicted molar refractivity (Wildman–Crippen MR) is 45.7 cm³/mol. The number of halogens is 5. The minimum Gasteiger partial charge on any atom is -0.283 e. The minimum atomic E-state index is -4.44. The van der Waals surface area contributed by atoms with Crippen LogP contribution in [-0.2, 0) is 14.4 Å². The maximum absolute atomic E-state index is 13.1. The number of nitrogens with one attached hydrogen (secondary N) is 1. The number of rotatable bonds is 8. The Morgan fingerprint density at radius 3 is 2.12 bits per heavy atom. The molecular formula is C8H12F5NO3. The lowest BCUT2D eigenvalue weighted by molar-refractivity contribution is -0.376. The van der Waals surface area contributed by atoms with Crippen molar-refractivity contribution in [3.63, 3.8) is 0 Å². The van der Waals surface area contributed by atoms with E-state index in [0.717, 1.165) is 5.48 Å². The fraction of sp³-hybridized carbons (Fsp3) is 0.875. The molecule has 1 unspecified atom stereocenters. The van der Waals surface area contributed by atoms with Crippen LogP contribution in [0.25, 0.3) is 0 Å². The van der Waals surface area contributed by atoms with Crippen molar-refractivity contribution in [1.29, 1.82) is 0 Å². The molecule has 0 aromatic carbocycles. The summed E-state index contributed by atoms with van der Waals surface area (Å²) in [5.41, 5.74) is 1.07. The van der Waals surface area contributed by atoms with Gasteiger partial charge in [-0.1, -0.05) is 6.92 Å². The first kappa shape index (κ1) is 16.0. The zero-order chi connectivity index (χ0) is 13.7. The van der Waals surface area contributed by atoms with E-state index in [-0.39, 0.29) is 6.41 Å². The molecule has 17 heavy (non-hydrogen) atoms. The summed E-state index contributed by atoms with van der Waals surface area (Å²) in [6.45, 7) is 1.89. The van der Waals surface area contributed by atoms with Crippen molar-refractivity contribution in [3.8, 4) is 0 Å². The fourth-order valence-corrected chi connectivity index (χ4v) is 0.806. The number of carbonyl (C=O) groups is 1. The summed E-state index contributed by atoms with van der Waals surface area (Å²) >= 11 is 0. The highest BCUT2D eigenvalue weighted by molar-refractivity contribution is 5.43. The zero-order valence-electron chi connectivity index (χ0n) is 9.11. The molecule has 0 fully saturated rings. The number of hydroxylamine groups is 1. The van der Waals surface area contributed by atoms with E-state index < -0.39 is 30.9 Å². The van der Waals surface area contributed by atoms with Crippen LogP contribution in [0.2, 0.25) is 0 Å². The summed E-state index contributed by atoms with van der Waals surface area (Å²) < 4.78 is 67.8. The number of hydrogen-bond donors (Lipinski definition) is 1. The molecule has 1 N–H and O–H groups in total. The van der Waals surface area contributed by atoms with E-state index in [1.54, 1.807) is 0 Å². The van der Waals surface area contributed by atoms with Gasteiger partial charge in [0.25, 0.3) is 0 Å². The van der Waals surface area contributed by atoms with Crippen LogP contribution in [-0.4, -0.2) is 24.5 Å². The van der Waals surface area contributed by atoms with Crippen molar-refractivity contribution >= 4 is 6.41 Å². The van der Waals surface area contributed by atoms with Gasteiger partial charge in [-0.3, -0.25) is 9.53 Å². The largest absolute Gasteiger partial charge is 0.383 e. The summed E-state index contributed by atoms with van der Waals surface area (Å²) in [6, 6.07) is 0. The molecule has 0 heterocycles. The van der Waals surface area contributed by atoms with Crippen molar-refractivity contribution in [2.75, 3.05) is 0 Å². The number of ether oxygens (including phenoxy) is 1. The first-order valence-corrected chi connectivity index (χ1v) is 4.55. The number of alkyl halides is 5. The Kier molecular flexibility index (Phi) is 5.27. The lowest BCUT2D eigenvalue weighted by atomic mass is 10.2. The van der Waals surface area contributed by atoms with Gasteiger partial charge in [-0.2, -0.15) is 17.6 Å².